The van der Waals surface area contributed by atoms with E-state index in [4.69, 9.17) is 6.42 Å². The fourth-order valence-electron chi connectivity index (χ4n) is 1.52. The number of nitrogens with one attached hydrogen (secondary N) is 1. The molecule has 0 amide bonds. The summed E-state index contributed by atoms with van der Waals surface area (Å²) < 4.78 is 39.9. The Bertz CT molecular complexity index is 652. The van der Waals surface area contributed by atoms with Crippen LogP contribution in [0.5, 0.6) is 0 Å². The molecule has 0 saturated carbocycles. The molecule has 1 aromatic rings. The zero-order chi connectivity index (χ0) is 15.3. The van der Waals surface area contributed by atoms with Crippen molar-refractivity contribution in [2.45, 2.75) is 30.7 Å². The largest absolute Gasteiger partial charge is 0.272 e. The molecule has 0 aliphatic carbocycles. The quantitative estimate of drug-likeness (QED) is 0.493. The highest BCUT2D eigenvalue weighted by Gasteiger charge is 2.24. The molecule has 0 aromatic heterocycles. The van der Waals surface area contributed by atoms with Crippen LogP contribution in [0, 0.1) is 28.3 Å². The van der Waals surface area contributed by atoms with Crippen LogP contribution in [0.4, 0.5) is 10.1 Å². The molecule has 0 radical (unpaired) electrons. The number of benzene rings is 1. The third-order valence-electron chi connectivity index (χ3n) is 2.59. The van der Waals surface area contributed by atoms with Crippen LogP contribution in [0.25, 0.3) is 0 Å². The average molecular weight is 300 g/mol. The second-order valence-corrected chi connectivity index (χ2v) is 5.69. The molecule has 1 unspecified atom stereocenters. The van der Waals surface area contributed by atoms with Crippen molar-refractivity contribution in [3.8, 4) is 12.3 Å². The maximum atomic E-state index is 13.7. The predicted molar refractivity (Wildman–Crippen MR) is 70.9 cm³/mol. The molecule has 0 bridgehead atoms. The molecule has 0 saturated heterocycles. The van der Waals surface area contributed by atoms with Gasteiger partial charge in [-0.05, 0) is 12.5 Å². The van der Waals surface area contributed by atoms with Crippen LogP contribution >= 0.6 is 0 Å². The van der Waals surface area contributed by atoms with Gasteiger partial charge in [0.05, 0.1) is 11.0 Å². The minimum Gasteiger partial charge on any atom is -0.258 e. The lowest BCUT2D eigenvalue weighted by molar-refractivity contribution is -0.385. The Hall–Kier alpha value is -1.98. The number of nitrogens with zero attached hydrogens (tertiary/aromatic N) is 1. The van der Waals surface area contributed by atoms with Crippen LogP contribution in [0.2, 0.25) is 0 Å². The van der Waals surface area contributed by atoms with Gasteiger partial charge >= 0.3 is 0 Å². The Labute approximate surface area is 116 Å². The van der Waals surface area contributed by atoms with Gasteiger partial charge in [-0.3, -0.25) is 10.1 Å². The molecule has 0 fully saturated rings. The highest BCUT2D eigenvalue weighted by Crippen LogP contribution is 2.20. The van der Waals surface area contributed by atoms with Crippen molar-refractivity contribution in [1.82, 2.24) is 4.72 Å². The Morgan fingerprint density at radius 2 is 2.20 bits per heavy atom. The van der Waals surface area contributed by atoms with Gasteiger partial charge in [0.1, 0.15) is 10.7 Å². The summed E-state index contributed by atoms with van der Waals surface area (Å²) in [6.07, 6.45) is 5.73. The van der Waals surface area contributed by atoms with E-state index in [1.165, 1.54) is 0 Å². The van der Waals surface area contributed by atoms with E-state index in [1.54, 1.807) is 6.92 Å². The summed E-state index contributed by atoms with van der Waals surface area (Å²) in [6, 6.07) is 1.84. The lowest BCUT2D eigenvalue weighted by atomic mass is 10.2. The number of rotatable bonds is 6. The number of terminal acetylenes is 1. The van der Waals surface area contributed by atoms with Crippen molar-refractivity contribution in [2.75, 3.05) is 0 Å². The number of sulfonamides is 1. The minimum atomic E-state index is -4.11. The van der Waals surface area contributed by atoms with Crippen LogP contribution in [0.15, 0.2) is 23.1 Å². The Morgan fingerprint density at radius 1 is 1.55 bits per heavy atom. The molecule has 0 heterocycles. The van der Waals surface area contributed by atoms with Crippen molar-refractivity contribution in [1.29, 1.82) is 0 Å². The molecule has 0 aliphatic rings. The standard InChI is InChI=1S/C12H13FN2O4S/c1-3-5-9(4-2)14-20(18,19)12-7-6-10(15(16)17)8-11(12)13/h1,6-9,14H,4-5H2,2H3. The second kappa shape index (κ2) is 6.45. The van der Waals surface area contributed by atoms with Gasteiger partial charge in [-0.1, -0.05) is 6.92 Å². The Morgan fingerprint density at radius 3 is 2.65 bits per heavy atom. The van der Waals surface area contributed by atoms with Gasteiger partial charge in [-0.15, -0.1) is 12.3 Å². The zero-order valence-corrected chi connectivity index (χ0v) is 11.5. The summed E-state index contributed by atoms with van der Waals surface area (Å²) in [6.45, 7) is 1.73. The molecule has 20 heavy (non-hydrogen) atoms. The molecule has 1 aromatic carbocycles. The molecule has 8 heteroatoms. The van der Waals surface area contributed by atoms with Crippen LogP contribution in [-0.2, 0) is 10.0 Å². The van der Waals surface area contributed by atoms with Gasteiger partial charge in [0.15, 0.2) is 0 Å². The third-order valence-corrected chi connectivity index (χ3v) is 4.15. The first-order valence-corrected chi connectivity index (χ1v) is 7.20. The maximum Gasteiger partial charge on any atom is 0.272 e. The van der Waals surface area contributed by atoms with Crippen LogP contribution in [-0.4, -0.2) is 19.4 Å². The van der Waals surface area contributed by atoms with Crippen molar-refractivity contribution in [3.63, 3.8) is 0 Å². The van der Waals surface area contributed by atoms with E-state index in [1.807, 2.05) is 0 Å². The van der Waals surface area contributed by atoms with Gasteiger partial charge in [0.2, 0.25) is 10.0 Å². The van der Waals surface area contributed by atoms with Gasteiger partial charge in [-0.25, -0.2) is 17.5 Å². The second-order valence-electron chi connectivity index (χ2n) is 4.01. The number of hydrogen-bond acceptors (Lipinski definition) is 4. The predicted octanol–water partition coefficient (Wildman–Crippen LogP) is 1.81. The van der Waals surface area contributed by atoms with E-state index in [0.29, 0.717) is 12.5 Å². The first-order valence-electron chi connectivity index (χ1n) is 5.71. The topological polar surface area (TPSA) is 89.3 Å². The molecular formula is C12H13FN2O4S. The van der Waals surface area contributed by atoms with E-state index in [9.17, 15) is 22.9 Å². The summed E-state index contributed by atoms with van der Waals surface area (Å²) in [5, 5.41) is 10.5. The number of nitro benzene ring substituents is 1. The highest BCUT2D eigenvalue weighted by atomic mass is 32.2. The molecule has 6 nitrogen and oxygen atoms in total. The van der Waals surface area contributed by atoms with Crippen molar-refractivity contribution >= 4 is 15.7 Å². The monoisotopic (exact) mass is 300 g/mol. The smallest absolute Gasteiger partial charge is 0.258 e. The fraction of sp³-hybridized carbons (Fsp3) is 0.333. The molecule has 1 N–H and O–H groups in total. The molecular weight excluding hydrogens is 287 g/mol. The molecule has 0 aliphatic heterocycles. The number of halogens is 1. The molecule has 1 rings (SSSR count). The fourth-order valence-corrected chi connectivity index (χ4v) is 2.89. The van der Waals surface area contributed by atoms with Gasteiger partial charge in [0, 0.05) is 18.5 Å². The van der Waals surface area contributed by atoms with Crippen molar-refractivity contribution < 1.29 is 17.7 Å². The first-order chi connectivity index (χ1) is 9.31. The number of nitro groups is 1. The van der Waals surface area contributed by atoms with E-state index in [-0.39, 0.29) is 6.42 Å². The van der Waals surface area contributed by atoms with Crippen LogP contribution in [0.3, 0.4) is 0 Å². The van der Waals surface area contributed by atoms with E-state index in [2.05, 4.69) is 10.6 Å². The average Bonchev–Trinajstić information content (AvgIpc) is 2.37. The number of hydrogen-bond donors (Lipinski definition) is 1. The lowest BCUT2D eigenvalue weighted by Gasteiger charge is -2.14. The minimum absolute atomic E-state index is 0.171. The molecule has 1 atom stereocenters. The van der Waals surface area contributed by atoms with Crippen molar-refractivity contribution in [3.05, 3.63) is 34.1 Å². The highest BCUT2D eigenvalue weighted by molar-refractivity contribution is 7.89. The summed E-state index contributed by atoms with van der Waals surface area (Å²) in [7, 11) is -4.11. The third kappa shape index (κ3) is 3.76. The van der Waals surface area contributed by atoms with E-state index < -0.39 is 37.4 Å². The Kier molecular flexibility index (Phi) is 5.19. The summed E-state index contributed by atoms with van der Waals surface area (Å²) in [5.74, 6) is 1.14. The normalized spacial score (nSPS) is 12.7. The van der Waals surface area contributed by atoms with Gasteiger partial charge in [0.25, 0.3) is 5.69 Å². The maximum absolute atomic E-state index is 13.7. The van der Waals surface area contributed by atoms with E-state index in [0.717, 1.165) is 12.1 Å². The molecule has 108 valence electrons. The summed E-state index contributed by atoms with van der Waals surface area (Å²) in [4.78, 5) is 9.03. The molecule has 0 spiro atoms. The van der Waals surface area contributed by atoms with E-state index >= 15 is 0 Å². The van der Waals surface area contributed by atoms with Gasteiger partial charge < -0.3 is 0 Å². The summed E-state index contributed by atoms with van der Waals surface area (Å²) >= 11 is 0. The SMILES string of the molecule is C#CCC(CC)NS(=O)(=O)c1ccc([N+](=O)[O-])cc1F. The number of non-ortho nitro benzene ring substituents is 1. The van der Waals surface area contributed by atoms with Crippen LogP contribution in [0.1, 0.15) is 19.8 Å². The lowest BCUT2D eigenvalue weighted by Crippen LogP contribution is -2.34. The van der Waals surface area contributed by atoms with Crippen LogP contribution < -0.4 is 4.72 Å². The summed E-state index contributed by atoms with van der Waals surface area (Å²) in [5.41, 5.74) is -0.517. The van der Waals surface area contributed by atoms with Gasteiger partial charge in [-0.2, -0.15) is 0 Å². The first kappa shape index (κ1) is 16.1. The Balaban J connectivity index is 3.10. The zero-order valence-electron chi connectivity index (χ0n) is 10.7. The van der Waals surface area contributed by atoms with Crippen molar-refractivity contribution in [2.24, 2.45) is 0 Å².